The summed E-state index contributed by atoms with van der Waals surface area (Å²) in [7, 11) is 0. The first kappa shape index (κ1) is 23.7. The molecular formula is C26H28N4O3S. The van der Waals surface area contributed by atoms with Gasteiger partial charge in [0.25, 0.3) is 11.8 Å². The van der Waals surface area contributed by atoms with Crippen LogP contribution >= 0.6 is 11.3 Å². The van der Waals surface area contributed by atoms with Crippen LogP contribution in [0.1, 0.15) is 38.4 Å². The standard InChI is InChI=1S/C26H28N4O3S/c31-24(28-21-5-2-1-3-6-21)18-30-14-12-22(13-15-30)29-25(32)20-10-8-19(9-11-20)17-27-26(33)23-7-4-16-34-23/h1-11,16,22H,12-15,17-18H2,(H,27,33)(H,28,31)(H,29,32). The molecule has 1 aliphatic heterocycles. The van der Waals surface area contributed by atoms with Crippen LogP contribution in [0.15, 0.2) is 72.1 Å². The van der Waals surface area contributed by atoms with E-state index in [2.05, 4.69) is 20.9 Å². The maximum Gasteiger partial charge on any atom is 0.261 e. The number of rotatable bonds is 8. The van der Waals surface area contributed by atoms with Gasteiger partial charge >= 0.3 is 0 Å². The molecule has 1 fully saturated rings. The molecule has 2 heterocycles. The molecule has 4 rings (SSSR count). The number of thiophene rings is 1. The Balaban J connectivity index is 1.18. The molecule has 3 aromatic rings. The van der Waals surface area contributed by atoms with Gasteiger partial charge in [-0.25, -0.2) is 0 Å². The van der Waals surface area contributed by atoms with Crippen molar-refractivity contribution >= 4 is 34.7 Å². The first-order valence-electron chi connectivity index (χ1n) is 11.4. The summed E-state index contributed by atoms with van der Waals surface area (Å²) in [5.74, 6) is -0.226. The summed E-state index contributed by atoms with van der Waals surface area (Å²) in [6.07, 6.45) is 1.61. The van der Waals surface area contributed by atoms with Crippen molar-refractivity contribution in [1.29, 1.82) is 0 Å². The van der Waals surface area contributed by atoms with Crippen LogP contribution < -0.4 is 16.0 Å². The molecule has 2 aromatic carbocycles. The molecule has 7 nitrogen and oxygen atoms in total. The van der Waals surface area contributed by atoms with E-state index in [1.807, 2.05) is 53.9 Å². The van der Waals surface area contributed by atoms with E-state index in [9.17, 15) is 14.4 Å². The molecule has 0 aliphatic carbocycles. The molecule has 3 N–H and O–H groups in total. The summed E-state index contributed by atoms with van der Waals surface area (Å²) >= 11 is 1.40. The Bertz CT molecular complexity index is 1090. The predicted octanol–water partition coefficient (Wildman–Crippen LogP) is 3.51. The maximum absolute atomic E-state index is 12.7. The van der Waals surface area contributed by atoms with Gasteiger partial charge in [0.05, 0.1) is 11.4 Å². The smallest absolute Gasteiger partial charge is 0.261 e. The Morgan fingerprint density at radius 1 is 0.882 bits per heavy atom. The van der Waals surface area contributed by atoms with Crippen molar-refractivity contribution < 1.29 is 14.4 Å². The third kappa shape index (κ3) is 6.76. The SMILES string of the molecule is O=C(CN1CCC(NC(=O)c2ccc(CNC(=O)c3cccs3)cc2)CC1)Nc1ccccc1. The van der Waals surface area contributed by atoms with E-state index in [1.165, 1.54) is 11.3 Å². The zero-order chi connectivity index (χ0) is 23.8. The van der Waals surface area contributed by atoms with Crippen LogP contribution in [0.4, 0.5) is 5.69 Å². The van der Waals surface area contributed by atoms with Gasteiger partial charge in [-0.2, -0.15) is 0 Å². The van der Waals surface area contributed by atoms with Crippen molar-refractivity contribution in [2.45, 2.75) is 25.4 Å². The molecule has 0 atom stereocenters. The molecule has 0 bridgehead atoms. The molecule has 34 heavy (non-hydrogen) atoms. The highest BCUT2D eigenvalue weighted by Gasteiger charge is 2.22. The van der Waals surface area contributed by atoms with E-state index >= 15 is 0 Å². The second-order valence-electron chi connectivity index (χ2n) is 8.29. The van der Waals surface area contributed by atoms with Crippen molar-refractivity contribution in [2.75, 3.05) is 25.0 Å². The van der Waals surface area contributed by atoms with E-state index in [1.54, 1.807) is 18.2 Å². The van der Waals surface area contributed by atoms with Crippen molar-refractivity contribution in [3.63, 3.8) is 0 Å². The molecule has 176 valence electrons. The lowest BCUT2D eigenvalue weighted by atomic mass is 10.0. The van der Waals surface area contributed by atoms with Crippen LogP contribution in [0.2, 0.25) is 0 Å². The third-order valence-electron chi connectivity index (χ3n) is 5.76. The normalized spacial score (nSPS) is 14.4. The van der Waals surface area contributed by atoms with E-state index < -0.39 is 0 Å². The summed E-state index contributed by atoms with van der Waals surface area (Å²) in [4.78, 5) is 39.7. The average Bonchev–Trinajstić information content (AvgIpc) is 3.40. The zero-order valence-corrected chi connectivity index (χ0v) is 19.6. The summed E-state index contributed by atoms with van der Waals surface area (Å²) in [6.45, 7) is 2.28. The van der Waals surface area contributed by atoms with Gasteiger partial charge in [0.2, 0.25) is 5.91 Å². The first-order valence-corrected chi connectivity index (χ1v) is 12.2. The number of benzene rings is 2. The predicted molar refractivity (Wildman–Crippen MR) is 134 cm³/mol. The minimum absolute atomic E-state index is 0.0275. The second-order valence-corrected chi connectivity index (χ2v) is 9.24. The summed E-state index contributed by atoms with van der Waals surface area (Å²) < 4.78 is 0. The van der Waals surface area contributed by atoms with Gasteiger partial charge in [-0.15, -0.1) is 11.3 Å². The minimum atomic E-state index is -0.102. The van der Waals surface area contributed by atoms with E-state index in [-0.39, 0.29) is 23.8 Å². The molecule has 1 aliphatic rings. The number of carbonyl (C=O) groups excluding carboxylic acids is 3. The van der Waals surface area contributed by atoms with Crippen LogP contribution in [0.3, 0.4) is 0 Å². The Labute approximate surface area is 203 Å². The second kappa shape index (κ2) is 11.6. The number of para-hydroxylation sites is 1. The molecule has 8 heteroatoms. The quantitative estimate of drug-likeness (QED) is 0.464. The van der Waals surface area contributed by atoms with Crippen LogP contribution in [-0.4, -0.2) is 48.3 Å². The van der Waals surface area contributed by atoms with Crippen LogP contribution in [0.25, 0.3) is 0 Å². The maximum atomic E-state index is 12.7. The summed E-state index contributed by atoms with van der Waals surface area (Å²) in [5.41, 5.74) is 2.33. The van der Waals surface area contributed by atoms with Gasteiger partial charge in [0, 0.05) is 36.9 Å². The highest BCUT2D eigenvalue weighted by Crippen LogP contribution is 2.13. The summed E-state index contributed by atoms with van der Waals surface area (Å²) in [5, 5.41) is 10.8. The van der Waals surface area contributed by atoms with E-state index in [4.69, 9.17) is 0 Å². The van der Waals surface area contributed by atoms with Gasteiger partial charge in [-0.1, -0.05) is 36.4 Å². The molecule has 0 saturated carbocycles. The number of nitrogens with one attached hydrogen (secondary N) is 3. The number of carbonyl (C=O) groups is 3. The van der Waals surface area contributed by atoms with Crippen LogP contribution in [0, 0.1) is 0 Å². The third-order valence-corrected chi connectivity index (χ3v) is 6.63. The fraction of sp³-hybridized carbons (Fsp3) is 0.269. The van der Waals surface area contributed by atoms with Crippen LogP contribution in [-0.2, 0) is 11.3 Å². The van der Waals surface area contributed by atoms with E-state index in [0.717, 1.165) is 37.2 Å². The fourth-order valence-electron chi connectivity index (χ4n) is 3.88. The minimum Gasteiger partial charge on any atom is -0.349 e. The molecule has 1 aromatic heterocycles. The number of piperidine rings is 1. The molecular weight excluding hydrogens is 448 g/mol. The van der Waals surface area contributed by atoms with Gasteiger partial charge in [-0.3, -0.25) is 19.3 Å². The van der Waals surface area contributed by atoms with Crippen molar-refractivity contribution in [3.05, 3.63) is 88.1 Å². The Hall–Kier alpha value is -3.49. The zero-order valence-electron chi connectivity index (χ0n) is 18.8. The first-order chi connectivity index (χ1) is 16.6. The largest absolute Gasteiger partial charge is 0.349 e. The van der Waals surface area contributed by atoms with Crippen molar-refractivity contribution in [3.8, 4) is 0 Å². The number of amides is 3. The Kier molecular flexibility index (Phi) is 8.06. The fourth-order valence-corrected chi connectivity index (χ4v) is 4.52. The number of anilines is 1. The van der Waals surface area contributed by atoms with Gasteiger partial charge in [0.1, 0.15) is 0 Å². The molecule has 1 saturated heterocycles. The van der Waals surface area contributed by atoms with Crippen LogP contribution in [0.5, 0.6) is 0 Å². The monoisotopic (exact) mass is 476 g/mol. The topological polar surface area (TPSA) is 90.5 Å². The Morgan fingerprint density at radius 2 is 1.62 bits per heavy atom. The highest BCUT2D eigenvalue weighted by atomic mass is 32.1. The van der Waals surface area contributed by atoms with E-state index in [0.29, 0.717) is 23.5 Å². The van der Waals surface area contributed by atoms with Gasteiger partial charge in [0.15, 0.2) is 0 Å². The lowest BCUT2D eigenvalue weighted by Crippen LogP contribution is -2.46. The van der Waals surface area contributed by atoms with Crippen molar-refractivity contribution in [1.82, 2.24) is 15.5 Å². The Morgan fingerprint density at radius 3 is 2.29 bits per heavy atom. The number of hydrogen-bond donors (Lipinski definition) is 3. The molecule has 3 amide bonds. The van der Waals surface area contributed by atoms with Gasteiger partial charge < -0.3 is 16.0 Å². The number of nitrogens with zero attached hydrogens (tertiary/aromatic N) is 1. The lowest BCUT2D eigenvalue weighted by Gasteiger charge is -2.31. The lowest BCUT2D eigenvalue weighted by molar-refractivity contribution is -0.117. The highest BCUT2D eigenvalue weighted by molar-refractivity contribution is 7.12. The average molecular weight is 477 g/mol. The molecule has 0 spiro atoms. The summed E-state index contributed by atoms with van der Waals surface area (Å²) in [6, 6.07) is 20.4. The molecule has 0 radical (unpaired) electrons. The number of hydrogen-bond acceptors (Lipinski definition) is 5. The van der Waals surface area contributed by atoms with Gasteiger partial charge in [-0.05, 0) is 54.1 Å². The number of likely N-dealkylation sites (tertiary alicyclic amines) is 1. The molecule has 0 unspecified atom stereocenters. The van der Waals surface area contributed by atoms with Crippen molar-refractivity contribution in [2.24, 2.45) is 0 Å².